The van der Waals surface area contributed by atoms with E-state index in [9.17, 15) is 4.79 Å². The van der Waals surface area contributed by atoms with E-state index >= 15 is 0 Å². The van der Waals surface area contributed by atoms with Crippen LogP contribution >= 0.6 is 0 Å². The van der Waals surface area contributed by atoms with Crippen molar-refractivity contribution in [3.8, 4) is 0 Å². The van der Waals surface area contributed by atoms with Crippen LogP contribution in [0.3, 0.4) is 0 Å². The van der Waals surface area contributed by atoms with Gasteiger partial charge in [0.05, 0.1) is 5.92 Å². The summed E-state index contributed by atoms with van der Waals surface area (Å²) in [6.45, 7) is 1.12. The topological polar surface area (TPSA) is 108 Å². The van der Waals surface area contributed by atoms with Gasteiger partial charge in [0.2, 0.25) is 17.2 Å². The molecule has 29 heavy (non-hydrogen) atoms. The van der Waals surface area contributed by atoms with Crippen molar-refractivity contribution in [3.05, 3.63) is 58.7 Å². The molecule has 1 aromatic carbocycles. The quantitative estimate of drug-likeness (QED) is 0.473. The fourth-order valence-electron chi connectivity index (χ4n) is 4.22. The molecule has 0 radical (unpaired) electrons. The Bertz CT molecular complexity index is 1320. The zero-order valence-electron chi connectivity index (χ0n) is 15.6. The highest BCUT2D eigenvalue weighted by Gasteiger charge is 2.61. The van der Waals surface area contributed by atoms with E-state index < -0.39 is 0 Å². The van der Waals surface area contributed by atoms with Crippen molar-refractivity contribution in [2.75, 3.05) is 6.54 Å². The first-order valence-electron chi connectivity index (χ1n) is 9.43. The van der Waals surface area contributed by atoms with E-state index in [1.807, 2.05) is 18.2 Å². The molecule has 2 aliphatic rings. The zero-order chi connectivity index (χ0) is 19.5. The van der Waals surface area contributed by atoms with Crippen LogP contribution in [-0.2, 0) is 13.6 Å². The van der Waals surface area contributed by atoms with E-state index in [2.05, 4.69) is 48.4 Å². The van der Waals surface area contributed by atoms with Crippen molar-refractivity contribution in [2.24, 2.45) is 18.9 Å². The lowest BCUT2D eigenvalue weighted by molar-refractivity contribution is -0.433. The maximum atomic E-state index is 12.6. The molecular weight excluding hydrogens is 372 g/mol. The summed E-state index contributed by atoms with van der Waals surface area (Å²) in [5, 5.41) is 11.8. The minimum atomic E-state index is -0.239. The maximum absolute atomic E-state index is 12.6. The van der Waals surface area contributed by atoms with Gasteiger partial charge < -0.3 is 4.52 Å². The van der Waals surface area contributed by atoms with Crippen LogP contribution in [0.25, 0.3) is 11.2 Å². The Kier molecular flexibility index (Phi) is 3.31. The molecule has 0 spiro atoms. The Labute approximate surface area is 164 Å². The smallest absolute Gasteiger partial charge is 0.281 e. The van der Waals surface area contributed by atoms with Crippen LogP contribution in [0.2, 0.25) is 0 Å². The summed E-state index contributed by atoms with van der Waals surface area (Å²) in [6.07, 6.45) is 3.69. The highest BCUT2D eigenvalue weighted by atomic mass is 16.5. The van der Waals surface area contributed by atoms with Crippen LogP contribution in [-0.4, -0.2) is 52.0 Å². The van der Waals surface area contributed by atoms with E-state index in [0.717, 1.165) is 6.54 Å². The molecule has 144 valence electrons. The number of hydrogen-bond acceptors (Lipinski definition) is 7. The van der Waals surface area contributed by atoms with Gasteiger partial charge in [-0.3, -0.25) is 9.36 Å². The summed E-state index contributed by atoms with van der Waals surface area (Å²) in [6, 6.07) is 10.3. The second-order valence-electron chi connectivity index (χ2n) is 7.51. The van der Waals surface area contributed by atoms with Gasteiger partial charge in [-0.1, -0.05) is 28.6 Å². The molecule has 3 atom stereocenters. The summed E-state index contributed by atoms with van der Waals surface area (Å²) < 4.78 is 10.5. The van der Waals surface area contributed by atoms with Crippen molar-refractivity contribution in [3.63, 3.8) is 0 Å². The Balaban J connectivity index is 1.22. The van der Waals surface area contributed by atoms with Gasteiger partial charge in [-0.15, -0.1) is 5.10 Å². The van der Waals surface area contributed by atoms with Crippen LogP contribution in [0, 0.1) is 11.8 Å². The standard InChI is InChI=1S/C19H17N8O2/c1-25-16-18(22-24-25)20-10-27(19(16)28)9-14-21-17(23-29-14)15-12-7-26(8-13(12)15)11-5-3-2-4-6-11/h2-7,10,12-13,15H,8-9H2,1H3/q+1/t12-,13+,15+/m1/s1. The third-order valence-electron chi connectivity index (χ3n) is 5.76. The lowest BCUT2D eigenvalue weighted by atomic mass is 10.2. The largest absolute Gasteiger partial charge is 0.337 e. The minimum Gasteiger partial charge on any atom is -0.337 e. The molecule has 1 saturated carbocycles. The van der Waals surface area contributed by atoms with Crippen LogP contribution in [0.1, 0.15) is 17.6 Å². The molecule has 6 rings (SSSR count). The summed E-state index contributed by atoms with van der Waals surface area (Å²) >= 11 is 0. The Morgan fingerprint density at radius 2 is 2.14 bits per heavy atom. The highest BCUT2D eigenvalue weighted by molar-refractivity contribution is 5.68. The average Bonchev–Trinajstić information content (AvgIpc) is 3.16. The molecule has 1 aliphatic carbocycles. The van der Waals surface area contributed by atoms with Crippen LogP contribution in [0.4, 0.5) is 5.69 Å². The predicted molar refractivity (Wildman–Crippen MR) is 101 cm³/mol. The molecule has 0 unspecified atom stereocenters. The first-order chi connectivity index (χ1) is 14.2. The first kappa shape index (κ1) is 16.3. The molecule has 0 amide bonds. The molecule has 10 heteroatoms. The van der Waals surface area contributed by atoms with E-state index in [-0.39, 0.29) is 18.0 Å². The van der Waals surface area contributed by atoms with E-state index in [1.165, 1.54) is 21.3 Å². The normalized spacial score (nSPS) is 22.7. The van der Waals surface area contributed by atoms with Crippen molar-refractivity contribution in [1.82, 2.24) is 34.7 Å². The number of hydrogen-bond donors (Lipinski definition) is 0. The number of aromatic nitrogens is 7. The molecule has 3 aromatic heterocycles. The number of nitrogens with zero attached hydrogens (tertiary/aromatic N) is 8. The van der Waals surface area contributed by atoms with Gasteiger partial charge in [-0.05, 0) is 0 Å². The first-order valence-corrected chi connectivity index (χ1v) is 9.43. The Morgan fingerprint density at radius 3 is 2.93 bits per heavy atom. The Morgan fingerprint density at radius 1 is 1.28 bits per heavy atom. The van der Waals surface area contributed by atoms with Crippen molar-refractivity contribution >= 4 is 23.1 Å². The van der Waals surface area contributed by atoms with Crippen molar-refractivity contribution in [1.29, 1.82) is 0 Å². The van der Waals surface area contributed by atoms with Crippen LogP contribution in [0.5, 0.6) is 0 Å². The number of para-hydroxylation sites is 1. The molecule has 4 aromatic rings. The number of benzene rings is 1. The zero-order valence-corrected chi connectivity index (χ0v) is 15.6. The minimum absolute atomic E-state index is 0.169. The van der Waals surface area contributed by atoms with E-state index in [4.69, 9.17) is 4.52 Å². The summed E-state index contributed by atoms with van der Waals surface area (Å²) in [7, 11) is 1.66. The van der Waals surface area contributed by atoms with Gasteiger partial charge in [-0.25, -0.2) is 14.2 Å². The van der Waals surface area contributed by atoms with Crippen LogP contribution in [0.15, 0.2) is 46.0 Å². The number of rotatable bonds is 4. The predicted octanol–water partition coefficient (Wildman–Crippen LogP) is 0.714. The van der Waals surface area contributed by atoms with Gasteiger partial charge in [0.25, 0.3) is 5.56 Å². The van der Waals surface area contributed by atoms with Gasteiger partial charge in [0.15, 0.2) is 17.9 Å². The van der Waals surface area contributed by atoms with Crippen molar-refractivity contribution < 1.29 is 9.10 Å². The van der Waals surface area contributed by atoms with Crippen LogP contribution < -0.4 is 5.56 Å². The molecule has 0 saturated heterocycles. The van der Waals surface area contributed by atoms with Gasteiger partial charge in [0.1, 0.15) is 19.1 Å². The number of fused-ring (bicyclic) bond motifs is 2. The molecule has 0 N–H and O–H groups in total. The summed E-state index contributed by atoms with van der Waals surface area (Å²) in [4.78, 5) is 21.3. The fourth-order valence-corrected chi connectivity index (χ4v) is 4.22. The molecular formula is C19H17N8O2+. The van der Waals surface area contributed by atoms with Crippen molar-refractivity contribution in [2.45, 2.75) is 12.5 Å². The highest BCUT2D eigenvalue weighted by Crippen LogP contribution is 2.55. The Hall–Kier alpha value is -3.69. The van der Waals surface area contributed by atoms with Gasteiger partial charge in [0, 0.05) is 31.0 Å². The van der Waals surface area contributed by atoms with Gasteiger partial charge in [-0.2, -0.15) is 4.98 Å². The third kappa shape index (κ3) is 2.52. The summed E-state index contributed by atoms with van der Waals surface area (Å²) in [5.74, 6) is 2.32. The summed E-state index contributed by atoms with van der Waals surface area (Å²) in [5.41, 5.74) is 1.64. The molecule has 1 aliphatic heterocycles. The third-order valence-corrected chi connectivity index (χ3v) is 5.76. The van der Waals surface area contributed by atoms with Gasteiger partial charge >= 0.3 is 0 Å². The molecule has 10 nitrogen and oxygen atoms in total. The van der Waals surface area contributed by atoms with E-state index in [0.29, 0.717) is 34.7 Å². The lowest BCUT2D eigenvalue weighted by Gasteiger charge is -2.01. The SMILES string of the molecule is Cn1nnc2ncn(Cc3nc([C@H]4[C@@H]5C=[N+](c6ccccc6)C[C@@H]54)no3)c(=O)c21. The maximum Gasteiger partial charge on any atom is 0.281 e. The number of aryl methyl sites for hydroxylation is 1. The second kappa shape index (κ2) is 5.90. The lowest BCUT2D eigenvalue weighted by Crippen LogP contribution is -2.22. The fraction of sp³-hybridized carbons (Fsp3) is 0.316. The average molecular weight is 389 g/mol. The second-order valence-corrected chi connectivity index (χ2v) is 7.51. The molecule has 1 fully saturated rings. The molecule has 0 bridgehead atoms. The van der Waals surface area contributed by atoms with E-state index in [1.54, 1.807) is 7.05 Å². The molecule has 4 heterocycles. The monoisotopic (exact) mass is 389 g/mol.